The van der Waals surface area contributed by atoms with Gasteiger partial charge in [-0.25, -0.2) is 0 Å². The van der Waals surface area contributed by atoms with Gasteiger partial charge < -0.3 is 10.2 Å². The molecule has 0 aliphatic heterocycles. The smallest absolute Gasteiger partial charge is 0.0950 e. The minimum absolute atomic E-state index is 0.848. The van der Waals surface area contributed by atoms with E-state index in [1.54, 1.807) is 11.3 Å². The number of likely N-dealkylation sites (N-methyl/N-ethyl adjacent to an activating group) is 2. The number of rotatable bonds is 4. The first-order valence-corrected chi connectivity index (χ1v) is 5.04. The van der Waals surface area contributed by atoms with Crippen LogP contribution in [0.15, 0.2) is 12.1 Å². The van der Waals surface area contributed by atoms with Gasteiger partial charge in [0.1, 0.15) is 0 Å². The average Bonchev–Trinajstić information content (AvgIpc) is 2.47. The van der Waals surface area contributed by atoms with Gasteiger partial charge in [0.05, 0.1) is 9.34 Å². The summed E-state index contributed by atoms with van der Waals surface area (Å²) in [5.74, 6) is 0. The van der Waals surface area contributed by atoms with Crippen LogP contribution in [0.5, 0.6) is 0 Å². The zero-order valence-electron chi connectivity index (χ0n) is 7.30. The molecular weight excluding hydrogens is 192 g/mol. The van der Waals surface area contributed by atoms with Gasteiger partial charge >= 0.3 is 0 Å². The van der Waals surface area contributed by atoms with Gasteiger partial charge in [-0.05, 0) is 19.2 Å². The van der Waals surface area contributed by atoms with Gasteiger partial charge in [0.25, 0.3) is 0 Å². The van der Waals surface area contributed by atoms with E-state index >= 15 is 0 Å². The van der Waals surface area contributed by atoms with Crippen LogP contribution in [0.3, 0.4) is 0 Å². The summed E-state index contributed by atoms with van der Waals surface area (Å²) in [5, 5.41) is 4.32. The Kier molecular flexibility index (Phi) is 3.85. The summed E-state index contributed by atoms with van der Waals surface area (Å²) in [6, 6.07) is 3.97. The van der Waals surface area contributed by atoms with Crippen LogP contribution in [-0.4, -0.2) is 27.2 Å². The van der Waals surface area contributed by atoms with E-state index in [0.717, 1.165) is 17.4 Å². The van der Waals surface area contributed by atoms with E-state index in [-0.39, 0.29) is 0 Å². The number of nitrogens with zero attached hydrogens (tertiary/aromatic N) is 1. The van der Waals surface area contributed by atoms with Gasteiger partial charge in [-0.2, -0.15) is 0 Å². The van der Waals surface area contributed by atoms with Gasteiger partial charge in [0.2, 0.25) is 0 Å². The van der Waals surface area contributed by atoms with Crippen LogP contribution in [0.2, 0.25) is 4.34 Å². The highest BCUT2D eigenvalue weighted by molar-refractivity contribution is 7.19. The van der Waals surface area contributed by atoms with Crippen molar-refractivity contribution >= 4 is 27.9 Å². The second-order valence-electron chi connectivity index (χ2n) is 2.60. The lowest BCUT2D eigenvalue weighted by Gasteiger charge is -2.15. The van der Waals surface area contributed by atoms with Crippen molar-refractivity contribution in [1.82, 2.24) is 5.32 Å². The molecule has 0 radical (unpaired) electrons. The molecule has 0 spiro atoms. The Bertz CT molecular complexity index is 237. The summed E-state index contributed by atoms with van der Waals surface area (Å²) in [6.45, 7) is 2.00. The Morgan fingerprint density at radius 3 is 2.83 bits per heavy atom. The molecule has 1 N–H and O–H groups in total. The van der Waals surface area contributed by atoms with E-state index in [1.807, 2.05) is 19.2 Å². The van der Waals surface area contributed by atoms with Crippen LogP contribution in [0.4, 0.5) is 5.00 Å². The molecule has 0 amide bonds. The van der Waals surface area contributed by atoms with E-state index in [4.69, 9.17) is 11.6 Å². The topological polar surface area (TPSA) is 15.3 Å². The molecule has 0 atom stereocenters. The predicted octanol–water partition coefficient (Wildman–Crippen LogP) is 2.06. The minimum atomic E-state index is 0.848. The van der Waals surface area contributed by atoms with Crippen molar-refractivity contribution < 1.29 is 0 Å². The molecule has 0 saturated carbocycles. The fourth-order valence-electron chi connectivity index (χ4n) is 0.900. The third-order valence-corrected chi connectivity index (χ3v) is 2.98. The van der Waals surface area contributed by atoms with Crippen LogP contribution in [-0.2, 0) is 0 Å². The first-order chi connectivity index (χ1) is 5.74. The molecule has 0 saturated heterocycles. The lowest BCUT2D eigenvalue weighted by atomic mass is 10.5. The number of nitrogens with one attached hydrogen (secondary N) is 1. The molecule has 12 heavy (non-hydrogen) atoms. The molecule has 1 rings (SSSR count). The largest absolute Gasteiger partial charge is 0.365 e. The number of halogens is 1. The van der Waals surface area contributed by atoms with Crippen LogP contribution >= 0.6 is 22.9 Å². The zero-order valence-corrected chi connectivity index (χ0v) is 8.87. The molecule has 0 bridgehead atoms. The number of hydrogen-bond donors (Lipinski definition) is 1. The van der Waals surface area contributed by atoms with Gasteiger partial charge in [0.15, 0.2) is 0 Å². The molecule has 1 aromatic rings. The highest BCUT2D eigenvalue weighted by atomic mass is 35.5. The van der Waals surface area contributed by atoms with Gasteiger partial charge in [-0.1, -0.05) is 11.6 Å². The minimum Gasteiger partial charge on any atom is -0.365 e. The van der Waals surface area contributed by atoms with Crippen LogP contribution in [0.1, 0.15) is 0 Å². The maximum absolute atomic E-state index is 5.81. The molecule has 4 heteroatoms. The summed E-state index contributed by atoms with van der Waals surface area (Å²) in [7, 11) is 4.02. The second-order valence-corrected chi connectivity index (χ2v) is 4.30. The molecule has 0 aliphatic rings. The molecule has 0 fully saturated rings. The van der Waals surface area contributed by atoms with Crippen molar-refractivity contribution in [2.75, 3.05) is 32.1 Å². The Morgan fingerprint density at radius 1 is 1.58 bits per heavy atom. The summed E-state index contributed by atoms with van der Waals surface area (Å²) < 4.78 is 0.848. The summed E-state index contributed by atoms with van der Waals surface area (Å²) >= 11 is 7.42. The first-order valence-electron chi connectivity index (χ1n) is 3.85. The fourth-order valence-corrected chi connectivity index (χ4v) is 1.92. The lowest BCUT2D eigenvalue weighted by Crippen LogP contribution is -2.26. The lowest BCUT2D eigenvalue weighted by molar-refractivity contribution is 0.771. The highest BCUT2D eigenvalue weighted by Gasteiger charge is 2.02. The number of hydrogen-bond acceptors (Lipinski definition) is 3. The third-order valence-electron chi connectivity index (χ3n) is 1.63. The van der Waals surface area contributed by atoms with Crippen LogP contribution < -0.4 is 10.2 Å². The normalized spacial score (nSPS) is 10.2. The van der Waals surface area contributed by atoms with Crippen molar-refractivity contribution in [2.24, 2.45) is 0 Å². The molecule has 1 heterocycles. The van der Waals surface area contributed by atoms with Crippen molar-refractivity contribution in [3.8, 4) is 0 Å². The molecule has 0 aliphatic carbocycles. The van der Waals surface area contributed by atoms with E-state index < -0.39 is 0 Å². The number of thiophene rings is 1. The van der Waals surface area contributed by atoms with E-state index in [2.05, 4.69) is 17.3 Å². The maximum atomic E-state index is 5.81. The summed E-state index contributed by atoms with van der Waals surface area (Å²) in [5.41, 5.74) is 0. The Balaban J connectivity index is 2.47. The van der Waals surface area contributed by atoms with Gasteiger partial charge in [-0.15, -0.1) is 11.3 Å². The van der Waals surface area contributed by atoms with Crippen molar-refractivity contribution in [2.45, 2.75) is 0 Å². The van der Waals surface area contributed by atoms with E-state index in [0.29, 0.717) is 0 Å². The highest BCUT2D eigenvalue weighted by Crippen LogP contribution is 2.28. The molecule has 0 unspecified atom stereocenters. The summed E-state index contributed by atoms with van der Waals surface area (Å²) in [6.07, 6.45) is 0. The van der Waals surface area contributed by atoms with Crippen molar-refractivity contribution in [3.63, 3.8) is 0 Å². The van der Waals surface area contributed by atoms with Crippen molar-refractivity contribution in [3.05, 3.63) is 16.5 Å². The third kappa shape index (κ3) is 2.66. The van der Waals surface area contributed by atoms with Crippen LogP contribution in [0, 0.1) is 0 Å². The predicted molar refractivity (Wildman–Crippen MR) is 56.5 cm³/mol. The Hall–Kier alpha value is -0.250. The van der Waals surface area contributed by atoms with Crippen LogP contribution in [0.25, 0.3) is 0 Å². The SMILES string of the molecule is CNCCN(C)c1ccc(Cl)s1. The number of anilines is 1. The zero-order chi connectivity index (χ0) is 8.97. The van der Waals surface area contributed by atoms with Gasteiger partial charge in [-0.3, -0.25) is 0 Å². The van der Waals surface area contributed by atoms with E-state index in [9.17, 15) is 0 Å². The van der Waals surface area contributed by atoms with Gasteiger partial charge in [0, 0.05) is 20.1 Å². The average molecular weight is 205 g/mol. The maximum Gasteiger partial charge on any atom is 0.0950 e. The second kappa shape index (κ2) is 4.70. The standard InChI is InChI=1S/C8H13ClN2S/c1-10-5-6-11(2)8-4-3-7(9)12-8/h3-4,10H,5-6H2,1-2H3. The molecular formula is C8H13ClN2S. The quantitative estimate of drug-likeness (QED) is 0.808. The summed E-state index contributed by atoms with van der Waals surface area (Å²) in [4.78, 5) is 2.19. The molecule has 68 valence electrons. The Labute approximate surface area is 82.1 Å². The van der Waals surface area contributed by atoms with E-state index in [1.165, 1.54) is 5.00 Å². The first kappa shape index (κ1) is 9.84. The fraction of sp³-hybridized carbons (Fsp3) is 0.500. The molecule has 1 aromatic heterocycles. The monoisotopic (exact) mass is 204 g/mol. The molecule has 0 aromatic carbocycles. The van der Waals surface area contributed by atoms with Crippen molar-refractivity contribution in [1.29, 1.82) is 0 Å². The molecule has 2 nitrogen and oxygen atoms in total. The Morgan fingerprint density at radius 2 is 2.33 bits per heavy atom.